The van der Waals surface area contributed by atoms with Crippen LogP contribution in [0.25, 0.3) is 15.9 Å². The maximum absolute atomic E-state index is 12.6. The van der Waals surface area contributed by atoms with E-state index in [1.54, 1.807) is 0 Å². The first-order valence-corrected chi connectivity index (χ1v) is 12.4. The van der Waals surface area contributed by atoms with Gasteiger partial charge in [-0.15, -0.1) is 10.2 Å². The van der Waals surface area contributed by atoms with Crippen LogP contribution in [0.15, 0.2) is 84.0 Å². The van der Waals surface area contributed by atoms with Gasteiger partial charge in [0.25, 0.3) is 0 Å². The molecule has 3 aromatic carbocycles. The Balaban J connectivity index is 1.35. The van der Waals surface area contributed by atoms with E-state index in [9.17, 15) is 4.79 Å². The third-order valence-corrected chi connectivity index (χ3v) is 7.00. The molecule has 0 aliphatic rings. The first kappa shape index (κ1) is 21.6. The standard InChI is InChI=1S/C24H18ClN5OS2/c25-17-10-12-18(13-11-17)30-21(14-16-6-2-1-3-7-16)28-29-24(30)32-15-22(31)27-23-26-19-8-4-5-9-20(19)33-23/h1-13H,14-15H2,(H,26,27,31). The third kappa shape index (κ3) is 5.08. The number of nitrogens with zero attached hydrogens (tertiary/aromatic N) is 4. The molecule has 0 aliphatic carbocycles. The maximum atomic E-state index is 12.6. The molecule has 0 saturated carbocycles. The van der Waals surface area contributed by atoms with Crippen LogP contribution in [0.4, 0.5) is 5.13 Å². The molecule has 0 atom stereocenters. The fourth-order valence-corrected chi connectivity index (χ4v) is 5.13. The van der Waals surface area contributed by atoms with Gasteiger partial charge in [0.05, 0.1) is 16.0 Å². The minimum Gasteiger partial charge on any atom is -0.301 e. The van der Waals surface area contributed by atoms with Crippen molar-refractivity contribution < 1.29 is 4.79 Å². The van der Waals surface area contributed by atoms with Crippen LogP contribution in [0.1, 0.15) is 11.4 Å². The van der Waals surface area contributed by atoms with Gasteiger partial charge >= 0.3 is 0 Å². The largest absolute Gasteiger partial charge is 0.301 e. The highest BCUT2D eigenvalue weighted by molar-refractivity contribution is 7.99. The van der Waals surface area contributed by atoms with E-state index in [0.717, 1.165) is 27.3 Å². The van der Waals surface area contributed by atoms with Crippen LogP contribution in [-0.4, -0.2) is 31.4 Å². The molecule has 2 aromatic heterocycles. The van der Waals surface area contributed by atoms with Crippen LogP contribution in [0, 0.1) is 0 Å². The molecular formula is C24H18ClN5OS2. The summed E-state index contributed by atoms with van der Waals surface area (Å²) >= 11 is 8.88. The number of nitrogens with one attached hydrogen (secondary N) is 1. The Kier molecular flexibility index (Phi) is 6.39. The number of hydrogen-bond acceptors (Lipinski definition) is 6. The Hall–Kier alpha value is -3.20. The van der Waals surface area contributed by atoms with Crippen molar-refractivity contribution in [2.24, 2.45) is 0 Å². The highest BCUT2D eigenvalue weighted by Gasteiger charge is 2.17. The van der Waals surface area contributed by atoms with E-state index in [2.05, 4.69) is 32.6 Å². The molecule has 5 rings (SSSR count). The van der Waals surface area contributed by atoms with Crippen molar-refractivity contribution in [1.82, 2.24) is 19.7 Å². The van der Waals surface area contributed by atoms with Crippen molar-refractivity contribution in [3.63, 3.8) is 0 Å². The predicted octanol–water partition coefficient (Wildman–Crippen LogP) is 5.85. The number of thiazole rings is 1. The lowest BCUT2D eigenvalue weighted by atomic mass is 10.1. The summed E-state index contributed by atoms with van der Waals surface area (Å²) in [6.07, 6.45) is 0.620. The Morgan fingerprint density at radius 2 is 1.73 bits per heavy atom. The van der Waals surface area contributed by atoms with Crippen molar-refractivity contribution in [3.8, 4) is 5.69 Å². The normalized spacial score (nSPS) is 11.1. The first-order chi connectivity index (χ1) is 16.2. The van der Waals surface area contributed by atoms with Gasteiger partial charge in [0.1, 0.15) is 5.82 Å². The van der Waals surface area contributed by atoms with Gasteiger partial charge in [-0.1, -0.05) is 77.2 Å². The molecule has 5 aromatic rings. The highest BCUT2D eigenvalue weighted by atomic mass is 35.5. The average molecular weight is 492 g/mol. The molecule has 0 spiro atoms. The monoisotopic (exact) mass is 491 g/mol. The molecule has 2 heterocycles. The summed E-state index contributed by atoms with van der Waals surface area (Å²) in [6.45, 7) is 0. The number of anilines is 1. The van der Waals surface area contributed by atoms with Crippen molar-refractivity contribution in [3.05, 3.63) is 95.3 Å². The molecule has 33 heavy (non-hydrogen) atoms. The molecule has 6 nitrogen and oxygen atoms in total. The Labute approximate surface area is 203 Å². The third-order valence-electron chi connectivity index (χ3n) is 4.86. The number of carbonyl (C=O) groups excluding carboxylic acids is 1. The van der Waals surface area contributed by atoms with E-state index in [-0.39, 0.29) is 11.7 Å². The van der Waals surface area contributed by atoms with E-state index in [4.69, 9.17) is 11.6 Å². The number of benzene rings is 3. The van der Waals surface area contributed by atoms with Crippen LogP contribution in [0.2, 0.25) is 5.02 Å². The maximum Gasteiger partial charge on any atom is 0.236 e. The van der Waals surface area contributed by atoms with E-state index < -0.39 is 0 Å². The second-order valence-electron chi connectivity index (χ2n) is 7.20. The van der Waals surface area contributed by atoms with Crippen molar-refractivity contribution in [2.45, 2.75) is 11.6 Å². The van der Waals surface area contributed by atoms with Crippen LogP contribution < -0.4 is 5.32 Å². The summed E-state index contributed by atoms with van der Waals surface area (Å²) in [6, 6.07) is 25.4. The van der Waals surface area contributed by atoms with Gasteiger partial charge < -0.3 is 5.32 Å². The fourth-order valence-electron chi connectivity index (χ4n) is 3.35. The van der Waals surface area contributed by atoms with Crippen molar-refractivity contribution in [2.75, 3.05) is 11.1 Å². The summed E-state index contributed by atoms with van der Waals surface area (Å²) in [5, 5.41) is 13.6. The Morgan fingerprint density at radius 1 is 0.970 bits per heavy atom. The SMILES string of the molecule is O=C(CSc1nnc(Cc2ccccc2)n1-c1ccc(Cl)cc1)Nc1nc2ccccc2s1. The number of fused-ring (bicyclic) bond motifs is 1. The van der Waals surface area contributed by atoms with Gasteiger partial charge in [0, 0.05) is 17.1 Å². The van der Waals surface area contributed by atoms with E-state index in [1.165, 1.54) is 23.1 Å². The molecule has 0 bridgehead atoms. The van der Waals surface area contributed by atoms with Gasteiger partial charge in [-0.2, -0.15) is 0 Å². The number of para-hydroxylation sites is 1. The number of aromatic nitrogens is 4. The second kappa shape index (κ2) is 9.74. The molecular weight excluding hydrogens is 474 g/mol. The van der Waals surface area contributed by atoms with E-state index in [0.29, 0.717) is 21.7 Å². The molecule has 9 heteroatoms. The van der Waals surface area contributed by atoms with Gasteiger partial charge in [0.2, 0.25) is 5.91 Å². The molecule has 0 unspecified atom stereocenters. The van der Waals surface area contributed by atoms with Crippen LogP contribution >= 0.6 is 34.7 Å². The summed E-state index contributed by atoms with van der Waals surface area (Å²) in [7, 11) is 0. The molecule has 1 N–H and O–H groups in total. The molecule has 0 radical (unpaired) electrons. The number of hydrogen-bond donors (Lipinski definition) is 1. The van der Waals surface area contributed by atoms with Crippen LogP contribution in [-0.2, 0) is 11.2 Å². The van der Waals surface area contributed by atoms with Gasteiger partial charge in [0.15, 0.2) is 10.3 Å². The van der Waals surface area contributed by atoms with Gasteiger partial charge in [-0.05, 0) is 42.0 Å². The molecule has 1 amide bonds. The van der Waals surface area contributed by atoms with E-state index >= 15 is 0 Å². The van der Waals surface area contributed by atoms with Gasteiger partial charge in [-0.3, -0.25) is 9.36 Å². The summed E-state index contributed by atoms with van der Waals surface area (Å²) in [5.41, 5.74) is 2.90. The second-order valence-corrected chi connectivity index (χ2v) is 9.61. The molecule has 164 valence electrons. The highest BCUT2D eigenvalue weighted by Crippen LogP contribution is 2.27. The van der Waals surface area contributed by atoms with E-state index in [1.807, 2.05) is 71.3 Å². The first-order valence-electron chi connectivity index (χ1n) is 10.2. The summed E-state index contributed by atoms with van der Waals surface area (Å²) in [5.74, 6) is 0.833. The Morgan fingerprint density at radius 3 is 2.52 bits per heavy atom. The lowest BCUT2D eigenvalue weighted by molar-refractivity contribution is -0.113. The minimum atomic E-state index is -0.144. The van der Waals surface area contributed by atoms with Crippen LogP contribution in [0.3, 0.4) is 0 Å². The van der Waals surface area contributed by atoms with Crippen molar-refractivity contribution >= 4 is 56.0 Å². The quantitative estimate of drug-likeness (QED) is 0.289. The zero-order chi connectivity index (χ0) is 22.6. The number of amides is 1. The zero-order valence-electron chi connectivity index (χ0n) is 17.3. The lowest BCUT2D eigenvalue weighted by Crippen LogP contribution is -2.14. The molecule has 0 aliphatic heterocycles. The van der Waals surface area contributed by atoms with Crippen molar-refractivity contribution in [1.29, 1.82) is 0 Å². The summed E-state index contributed by atoms with van der Waals surface area (Å²) < 4.78 is 3.01. The average Bonchev–Trinajstić information content (AvgIpc) is 3.42. The number of rotatable bonds is 7. The lowest BCUT2D eigenvalue weighted by Gasteiger charge is -2.10. The van der Waals surface area contributed by atoms with Crippen LogP contribution in [0.5, 0.6) is 0 Å². The van der Waals surface area contributed by atoms with Gasteiger partial charge in [-0.25, -0.2) is 4.98 Å². The fraction of sp³-hybridized carbons (Fsp3) is 0.0833. The minimum absolute atomic E-state index is 0.144. The summed E-state index contributed by atoms with van der Waals surface area (Å²) in [4.78, 5) is 17.1. The number of carbonyl (C=O) groups is 1. The zero-order valence-corrected chi connectivity index (χ0v) is 19.7. The predicted molar refractivity (Wildman–Crippen MR) is 135 cm³/mol. The molecule has 0 fully saturated rings. The molecule has 0 saturated heterocycles. The smallest absolute Gasteiger partial charge is 0.236 e. The number of thioether (sulfide) groups is 1. The number of halogens is 1. The topological polar surface area (TPSA) is 72.7 Å². The Bertz CT molecular complexity index is 1370.